The van der Waals surface area contributed by atoms with Crippen LogP contribution in [-0.4, -0.2) is 53.0 Å². The molecule has 0 atom stereocenters. The van der Waals surface area contributed by atoms with Gasteiger partial charge in [-0.15, -0.1) is 0 Å². The number of amides is 2. The second-order valence-corrected chi connectivity index (χ2v) is 5.97. The molecule has 0 radical (unpaired) electrons. The summed E-state index contributed by atoms with van der Waals surface area (Å²) in [4.78, 5) is 32.1. The molecule has 0 spiro atoms. The Morgan fingerprint density at radius 1 is 1.16 bits per heavy atom. The van der Waals surface area contributed by atoms with Crippen molar-refractivity contribution in [2.45, 2.75) is 6.54 Å². The molecule has 3 heterocycles. The predicted octanol–water partition coefficient (Wildman–Crippen LogP) is 1.29. The highest BCUT2D eigenvalue weighted by Crippen LogP contribution is 2.32. The molecular weight excluding hydrogens is 322 g/mol. The van der Waals surface area contributed by atoms with Gasteiger partial charge in [0.05, 0.1) is 5.56 Å². The standard InChI is InChI=1S/C18H17N3O4/c22-17-11-21(18(23)14-2-1-5-19-9-14)7-6-20(17)10-13-3-4-15-16(8-13)25-12-24-15/h1-5,8-9H,6-7,10-12H2. The van der Waals surface area contributed by atoms with Crippen molar-refractivity contribution in [2.75, 3.05) is 26.4 Å². The molecule has 0 unspecified atom stereocenters. The van der Waals surface area contributed by atoms with Gasteiger partial charge < -0.3 is 19.3 Å². The summed E-state index contributed by atoms with van der Waals surface area (Å²) in [5.41, 5.74) is 1.48. The summed E-state index contributed by atoms with van der Waals surface area (Å²) in [6.07, 6.45) is 3.14. The summed E-state index contributed by atoms with van der Waals surface area (Å²) in [6.45, 7) is 1.80. The van der Waals surface area contributed by atoms with Crippen LogP contribution in [0.5, 0.6) is 11.5 Å². The Labute approximate surface area is 144 Å². The van der Waals surface area contributed by atoms with Crippen LogP contribution in [0.25, 0.3) is 0 Å². The van der Waals surface area contributed by atoms with Crippen molar-refractivity contribution in [3.05, 3.63) is 53.9 Å². The molecule has 2 aliphatic heterocycles. The Kier molecular flexibility index (Phi) is 3.97. The van der Waals surface area contributed by atoms with Gasteiger partial charge in [-0.3, -0.25) is 14.6 Å². The van der Waals surface area contributed by atoms with E-state index in [1.807, 2.05) is 18.2 Å². The Bertz CT molecular complexity index is 809. The molecule has 7 heteroatoms. The maximum atomic E-state index is 12.4. The van der Waals surface area contributed by atoms with Crippen molar-refractivity contribution in [1.82, 2.24) is 14.8 Å². The second-order valence-electron chi connectivity index (χ2n) is 5.97. The minimum Gasteiger partial charge on any atom is -0.454 e. The zero-order valence-corrected chi connectivity index (χ0v) is 13.6. The maximum absolute atomic E-state index is 12.4. The number of carbonyl (C=O) groups excluding carboxylic acids is 2. The largest absolute Gasteiger partial charge is 0.454 e. The molecule has 128 valence electrons. The molecule has 1 aromatic heterocycles. The summed E-state index contributed by atoms with van der Waals surface area (Å²) in [5, 5.41) is 0. The van der Waals surface area contributed by atoms with Crippen LogP contribution in [0.3, 0.4) is 0 Å². The average molecular weight is 339 g/mol. The Hall–Kier alpha value is -3.09. The SMILES string of the molecule is O=C1CN(C(=O)c2cccnc2)CCN1Cc1ccc2c(c1)OCO2. The van der Waals surface area contributed by atoms with Crippen LogP contribution in [0.4, 0.5) is 0 Å². The van der Waals surface area contributed by atoms with Gasteiger partial charge >= 0.3 is 0 Å². The van der Waals surface area contributed by atoms with Crippen LogP contribution in [0.2, 0.25) is 0 Å². The monoisotopic (exact) mass is 339 g/mol. The Morgan fingerprint density at radius 2 is 2.04 bits per heavy atom. The highest BCUT2D eigenvalue weighted by molar-refractivity contribution is 5.96. The number of benzene rings is 1. The number of ether oxygens (including phenoxy) is 2. The molecule has 25 heavy (non-hydrogen) atoms. The lowest BCUT2D eigenvalue weighted by Gasteiger charge is -2.34. The summed E-state index contributed by atoms with van der Waals surface area (Å²) < 4.78 is 10.7. The number of nitrogens with zero attached hydrogens (tertiary/aromatic N) is 3. The van der Waals surface area contributed by atoms with E-state index in [0.29, 0.717) is 30.9 Å². The van der Waals surface area contributed by atoms with Gasteiger partial charge in [-0.25, -0.2) is 0 Å². The first-order valence-corrected chi connectivity index (χ1v) is 8.06. The topological polar surface area (TPSA) is 72.0 Å². The minimum atomic E-state index is -0.163. The third kappa shape index (κ3) is 3.13. The number of rotatable bonds is 3. The second kappa shape index (κ2) is 6.43. The number of piperazine rings is 1. The molecule has 1 aromatic carbocycles. The predicted molar refractivity (Wildman–Crippen MR) is 88.1 cm³/mol. The fourth-order valence-corrected chi connectivity index (χ4v) is 2.98. The van der Waals surface area contributed by atoms with Gasteiger partial charge in [-0.1, -0.05) is 6.07 Å². The third-order valence-electron chi connectivity index (χ3n) is 4.32. The van der Waals surface area contributed by atoms with E-state index in [1.54, 1.807) is 28.1 Å². The number of hydrogen-bond donors (Lipinski definition) is 0. The maximum Gasteiger partial charge on any atom is 0.255 e. The molecule has 0 aliphatic carbocycles. The van der Waals surface area contributed by atoms with Gasteiger partial charge in [0, 0.05) is 32.0 Å². The summed E-state index contributed by atoms with van der Waals surface area (Å²) in [5.74, 6) is 1.20. The minimum absolute atomic E-state index is 0.0684. The zero-order chi connectivity index (χ0) is 17.2. The molecule has 1 fully saturated rings. The third-order valence-corrected chi connectivity index (χ3v) is 4.32. The van der Waals surface area contributed by atoms with Crippen molar-refractivity contribution in [1.29, 1.82) is 0 Å². The first kappa shape index (κ1) is 15.4. The van der Waals surface area contributed by atoms with Crippen molar-refractivity contribution in [3.8, 4) is 11.5 Å². The van der Waals surface area contributed by atoms with Crippen LogP contribution >= 0.6 is 0 Å². The van der Waals surface area contributed by atoms with Crippen molar-refractivity contribution in [2.24, 2.45) is 0 Å². The molecule has 2 amide bonds. The normalized spacial score (nSPS) is 16.2. The number of fused-ring (bicyclic) bond motifs is 1. The summed E-state index contributed by atoms with van der Waals surface area (Å²) in [6, 6.07) is 9.09. The van der Waals surface area contributed by atoms with E-state index in [9.17, 15) is 9.59 Å². The van der Waals surface area contributed by atoms with E-state index in [-0.39, 0.29) is 25.2 Å². The molecule has 0 N–H and O–H groups in total. The zero-order valence-electron chi connectivity index (χ0n) is 13.6. The van der Waals surface area contributed by atoms with Crippen LogP contribution in [0.15, 0.2) is 42.7 Å². The highest BCUT2D eigenvalue weighted by atomic mass is 16.7. The highest BCUT2D eigenvalue weighted by Gasteiger charge is 2.28. The smallest absolute Gasteiger partial charge is 0.255 e. The van der Waals surface area contributed by atoms with E-state index < -0.39 is 0 Å². The van der Waals surface area contributed by atoms with E-state index in [1.165, 1.54) is 6.20 Å². The van der Waals surface area contributed by atoms with Crippen LogP contribution in [-0.2, 0) is 11.3 Å². The molecular formula is C18H17N3O4. The van der Waals surface area contributed by atoms with Crippen LogP contribution in [0, 0.1) is 0 Å². The lowest BCUT2D eigenvalue weighted by molar-refractivity contribution is -0.135. The molecule has 0 bridgehead atoms. The van der Waals surface area contributed by atoms with E-state index >= 15 is 0 Å². The van der Waals surface area contributed by atoms with Gasteiger partial charge in [-0.05, 0) is 29.8 Å². The molecule has 0 saturated carbocycles. The van der Waals surface area contributed by atoms with Gasteiger partial charge in [0.15, 0.2) is 11.5 Å². The quantitative estimate of drug-likeness (QED) is 0.843. The number of pyridine rings is 1. The Balaban J connectivity index is 1.40. The fraction of sp³-hybridized carbons (Fsp3) is 0.278. The molecule has 4 rings (SSSR count). The molecule has 2 aromatic rings. The average Bonchev–Trinajstić information content (AvgIpc) is 3.11. The van der Waals surface area contributed by atoms with Gasteiger partial charge in [0.1, 0.15) is 6.54 Å². The summed E-state index contributed by atoms with van der Waals surface area (Å²) in [7, 11) is 0. The van der Waals surface area contributed by atoms with Crippen molar-refractivity contribution < 1.29 is 19.1 Å². The van der Waals surface area contributed by atoms with Crippen LogP contribution < -0.4 is 9.47 Å². The van der Waals surface area contributed by atoms with Gasteiger partial charge in [0.2, 0.25) is 12.7 Å². The van der Waals surface area contributed by atoms with Crippen molar-refractivity contribution in [3.63, 3.8) is 0 Å². The van der Waals surface area contributed by atoms with Gasteiger partial charge in [-0.2, -0.15) is 0 Å². The first-order chi connectivity index (χ1) is 12.2. The number of hydrogen-bond acceptors (Lipinski definition) is 5. The lowest BCUT2D eigenvalue weighted by atomic mass is 10.1. The number of carbonyl (C=O) groups is 2. The first-order valence-electron chi connectivity index (χ1n) is 8.06. The lowest BCUT2D eigenvalue weighted by Crippen LogP contribution is -2.51. The van der Waals surface area contributed by atoms with E-state index in [2.05, 4.69) is 4.98 Å². The summed E-state index contributed by atoms with van der Waals surface area (Å²) >= 11 is 0. The molecule has 1 saturated heterocycles. The molecule has 7 nitrogen and oxygen atoms in total. The van der Waals surface area contributed by atoms with Crippen LogP contribution in [0.1, 0.15) is 15.9 Å². The van der Waals surface area contributed by atoms with E-state index in [4.69, 9.17) is 9.47 Å². The van der Waals surface area contributed by atoms with E-state index in [0.717, 1.165) is 11.3 Å². The molecule has 2 aliphatic rings. The Morgan fingerprint density at radius 3 is 2.84 bits per heavy atom. The van der Waals surface area contributed by atoms with Crippen molar-refractivity contribution >= 4 is 11.8 Å². The van der Waals surface area contributed by atoms with Gasteiger partial charge in [0.25, 0.3) is 5.91 Å². The fourth-order valence-electron chi connectivity index (χ4n) is 2.98. The number of aromatic nitrogens is 1.